The fourth-order valence-corrected chi connectivity index (χ4v) is 7.36. The molecule has 6 heterocycles. The van der Waals surface area contributed by atoms with Gasteiger partial charge in [0.05, 0.1) is 47.6 Å². The van der Waals surface area contributed by atoms with Gasteiger partial charge < -0.3 is 23.7 Å². The average Bonchev–Trinajstić information content (AvgIpc) is 3.75. The smallest absolute Gasteiger partial charge is 0.251 e. The summed E-state index contributed by atoms with van der Waals surface area (Å²) in [6.45, 7) is 3.32. The van der Waals surface area contributed by atoms with E-state index in [9.17, 15) is 21.6 Å². The van der Waals surface area contributed by atoms with Gasteiger partial charge >= 0.3 is 0 Å². The second kappa shape index (κ2) is 13.4. The SMILES string of the molecule is CC1(F)CCN(c2cc(NS(=O)(=O)CCOC3CCCCO3)ccc2-n2cc(-c3cc4ccoc4c(N4CCC(F)(F)CC4)n3)nn2)CC1. The molecule has 0 bridgehead atoms. The highest BCUT2D eigenvalue weighted by atomic mass is 32.2. The lowest BCUT2D eigenvalue weighted by molar-refractivity contribution is -0.158. The molecule has 3 aliphatic heterocycles. The van der Waals surface area contributed by atoms with Crippen molar-refractivity contribution in [2.75, 3.05) is 59.7 Å². The van der Waals surface area contributed by atoms with Crippen LogP contribution in [0.4, 0.5) is 30.4 Å². The van der Waals surface area contributed by atoms with Gasteiger partial charge in [-0.05, 0) is 69.4 Å². The fourth-order valence-electron chi connectivity index (χ4n) is 6.46. The van der Waals surface area contributed by atoms with Crippen LogP contribution < -0.4 is 14.5 Å². The number of hydrogen-bond donors (Lipinski definition) is 1. The highest BCUT2D eigenvalue weighted by molar-refractivity contribution is 7.92. The van der Waals surface area contributed by atoms with Crippen molar-refractivity contribution < 1.29 is 35.5 Å². The van der Waals surface area contributed by atoms with Crippen molar-refractivity contribution in [1.29, 1.82) is 0 Å². The van der Waals surface area contributed by atoms with Crippen molar-refractivity contribution in [3.63, 3.8) is 0 Å². The zero-order chi connectivity index (χ0) is 34.2. The van der Waals surface area contributed by atoms with Crippen molar-refractivity contribution in [3.05, 3.63) is 42.8 Å². The molecule has 1 atom stereocenters. The van der Waals surface area contributed by atoms with E-state index in [-0.39, 0.29) is 44.6 Å². The first-order valence-corrected chi connectivity index (χ1v) is 18.3. The van der Waals surface area contributed by atoms with E-state index in [4.69, 9.17) is 18.9 Å². The van der Waals surface area contributed by atoms with Gasteiger partial charge in [0.25, 0.3) is 5.92 Å². The van der Waals surface area contributed by atoms with E-state index in [0.717, 1.165) is 24.6 Å². The lowest BCUT2D eigenvalue weighted by Gasteiger charge is -2.36. The normalized spacial score (nSPS) is 21.3. The summed E-state index contributed by atoms with van der Waals surface area (Å²) in [7, 11) is -3.75. The summed E-state index contributed by atoms with van der Waals surface area (Å²) >= 11 is 0. The number of nitrogens with one attached hydrogen (secondary N) is 1. The van der Waals surface area contributed by atoms with E-state index in [1.807, 2.05) is 11.0 Å². The van der Waals surface area contributed by atoms with Crippen LogP contribution in [0.3, 0.4) is 0 Å². The predicted molar refractivity (Wildman–Crippen MR) is 179 cm³/mol. The van der Waals surface area contributed by atoms with Crippen LogP contribution in [0.1, 0.15) is 51.9 Å². The molecule has 49 heavy (non-hydrogen) atoms. The first-order chi connectivity index (χ1) is 23.4. The molecule has 0 radical (unpaired) electrons. The zero-order valence-electron chi connectivity index (χ0n) is 27.3. The van der Waals surface area contributed by atoms with Gasteiger partial charge in [-0.1, -0.05) is 5.21 Å². The average molecular weight is 704 g/mol. The fraction of sp³-hybridized carbons (Fsp3) is 0.545. The molecule has 3 aromatic heterocycles. The minimum atomic E-state index is -3.75. The summed E-state index contributed by atoms with van der Waals surface area (Å²) in [5.41, 5.74) is 1.78. The van der Waals surface area contributed by atoms with E-state index in [1.54, 1.807) is 47.0 Å². The number of rotatable bonds is 10. The van der Waals surface area contributed by atoms with Gasteiger partial charge in [-0.2, -0.15) is 0 Å². The maximum absolute atomic E-state index is 14.8. The van der Waals surface area contributed by atoms with Crippen molar-refractivity contribution in [2.45, 2.75) is 69.8 Å². The predicted octanol–water partition coefficient (Wildman–Crippen LogP) is 5.92. The third-order valence-corrected chi connectivity index (χ3v) is 10.7. The number of sulfonamides is 1. The Labute approximate surface area is 282 Å². The van der Waals surface area contributed by atoms with Gasteiger partial charge in [0.1, 0.15) is 11.4 Å². The quantitative estimate of drug-likeness (QED) is 0.213. The summed E-state index contributed by atoms with van der Waals surface area (Å²) in [5, 5.41) is 9.53. The molecule has 0 amide bonds. The summed E-state index contributed by atoms with van der Waals surface area (Å²) < 4.78 is 89.7. The molecule has 1 unspecified atom stereocenters. The molecule has 264 valence electrons. The summed E-state index contributed by atoms with van der Waals surface area (Å²) in [5.74, 6) is -2.48. The zero-order valence-corrected chi connectivity index (χ0v) is 28.1. The Bertz CT molecular complexity index is 1870. The molecule has 3 fully saturated rings. The van der Waals surface area contributed by atoms with Crippen LogP contribution in [-0.2, 0) is 19.5 Å². The summed E-state index contributed by atoms with van der Waals surface area (Å²) in [6.07, 6.45) is 5.64. The van der Waals surface area contributed by atoms with Crippen LogP contribution in [-0.4, -0.2) is 91.4 Å². The number of hydrogen-bond acceptors (Lipinski definition) is 10. The number of nitrogens with zero attached hydrogens (tertiary/aromatic N) is 6. The standard InChI is InChI=1S/C33H40F3N7O5S/c1-32(34)8-12-41(13-9-32)28-21-24(39-49(44,45)19-18-47-29-4-2-3-16-46-29)5-6-27(28)43-22-26(38-40-43)25-20-23-7-17-48-30(23)31(37-25)42-14-10-33(35,36)11-15-42/h5-7,17,20-22,29,39H,2-4,8-16,18-19H2,1H3. The number of piperidine rings is 2. The number of anilines is 3. The van der Waals surface area contributed by atoms with Crippen LogP contribution >= 0.6 is 0 Å². The molecular weight excluding hydrogens is 663 g/mol. The van der Waals surface area contributed by atoms with Gasteiger partial charge in [0, 0.05) is 51.0 Å². The highest BCUT2D eigenvalue weighted by Gasteiger charge is 2.36. The van der Waals surface area contributed by atoms with Gasteiger partial charge in [0.15, 0.2) is 17.7 Å². The van der Waals surface area contributed by atoms with Crippen molar-refractivity contribution in [2.24, 2.45) is 0 Å². The Morgan fingerprint density at radius 1 is 0.980 bits per heavy atom. The van der Waals surface area contributed by atoms with Crippen LogP contribution in [0.5, 0.6) is 0 Å². The summed E-state index contributed by atoms with van der Waals surface area (Å²) in [4.78, 5) is 8.60. The molecule has 0 spiro atoms. The lowest BCUT2D eigenvalue weighted by Crippen LogP contribution is -2.40. The maximum Gasteiger partial charge on any atom is 0.251 e. The molecule has 3 aliphatic rings. The van der Waals surface area contributed by atoms with Gasteiger partial charge in [-0.15, -0.1) is 5.10 Å². The minimum Gasteiger partial charge on any atom is -0.460 e. The molecule has 3 saturated heterocycles. The van der Waals surface area contributed by atoms with Crippen molar-refractivity contribution in [3.8, 4) is 17.1 Å². The third kappa shape index (κ3) is 7.80. The van der Waals surface area contributed by atoms with Crippen molar-refractivity contribution in [1.82, 2.24) is 20.0 Å². The highest BCUT2D eigenvalue weighted by Crippen LogP contribution is 2.37. The number of furan rings is 1. The Morgan fingerprint density at radius 3 is 2.51 bits per heavy atom. The number of halogens is 3. The van der Waals surface area contributed by atoms with E-state index in [1.165, 1.54) is 6.26 Å². The first-order valence-electron chi connectivity index (χ1n) is 16.7. The molecule has 0 aliphatic carbocycles. The second-order valence-corrected chi connectivity index (χ2v) is 15.1. The number of pyridine rings is 1. The van der Waals surface area contributed by atoms with Crippen LogP contribution in [0.2, 0.25) is 0 Å². The maximum atomic E-state index is 14.8. The first kappa shape index (κ1) is 33.6. The van der Waals surface area contributed by atoms with E-state index in [2.05, 4.69) is 15.0 Å². The van der Waals surface area contributed by atoms with E-state index < -0.39 is 21.6 Å². The Morgan fingerprint density at radius 2 is 1.76 bits per heavy atom. The molecule has 16 heteroatoms. The van der Waals surface area contributed by atoms with Gasteiger partial charge in [-0.3, -0.25) is 4.72 Å². The Hall–Kier alpha value is -3.89. The topological polar surface area (TPSA) is 128 Å². The number of benzene rings is 1. The van der Waals surface area contributed by atoms with Crippen LogP contribution in [0.25, 0.3) is 28.0 Å². The van der Waals surface area contributed by atoms with Crippen LogP contribution in [0, 0.1) is 0 Å². The van der Waals surface area contributed by atoms with Gasteiger partial charge in [-0.25, -0.2) is 31.3 Å². The molecule has 1 aromatic carbocycles. The second-order valence-electron chi connectivity index (χ2n) is 13.3. The number of ether oxygens (including phenoxy) is 2. The third-order valence-electron chi connectivity index (χ3n) is 9.40. The van der Waals surface area contributed by atoms with Crippen LogP contribution in [0.15, 0.2) is 47.2 Å². The van der Waals surface area contributed by atoms with E-state index in [0.29, 0.717) is 72.4 Å². The summed E-state index contributed by atoms with van der Waals surface area (Å²) in [6, 6.07) is 8.71. The minimum absolute atomic E-state index is 0.00151. The molecular formula is C33H40F3N7O5S. The number of alkyl halides is 3. The van der Waals surface area contributed by atoms with Gasteiger partial charge in [0.2, 0.25) is 10.0 Å². The Kier molecular flexibility index (Phi) is 9.21. The molecule has 7 rings (SSSR count). The van der Waals surface area contributed by atoms with Crippen molar-refractivity contribution >= 4 is 38.2 Å². The lowest BCUT2D eigenvalue weighted by atomic mass is 9.95. The monoisotopic (exact) mass is 703 g/mol. The van der Waals surface area contributed by atoms with E-state index >= 15 is 0 Å². The Balaban J connectivity index is 1.15. The largest absolute Gasteiger partial charge is 0.460 e. The number of fused-ring (bicyclic) bond motifs is 1. The molecule has 4 aromatic rings. The molecule has 12 nitrogen and oxygen atoms in total. The molecule has 0 saturated carbocycles. The molecule has 1 N–H and O–H groups in total. The number of aromatic nitrogens is 4.